The van der Waals surface area contributed by atoms with Gasteiger partial charge in [0.05, 0.1) is 11.1 Å². The molecule has 21 heavy (non-hydrogen) atoms. The van der Waals surface area contributed by atoms with Crippen molar-refractivity contribution in [2.45, 2.75) is 13.2 Å². The van der Waals surface area contributed by atoms with Gasteiger partial charge < -0.3 is 14.8 Å². The summed E-state index contributed by atoms with van der Waals surface area (Å²) in [6.07, 6.45) is 3.41. The van der Waals surface area contributed by atoms with E-state index < -0.39 is 0 Å². The molecular formula is C15H18BrN3O2. The Morgan fingerprint density at radius 3 is 2.76 bits per heavy atom. The zero-order valence-electron chi connectivity index (χ0n) is 11.9. The predicted molar refractivity (Wildman–Crippen MR) is 84.1 cm³/mol. The normalized spacial score (nSPS) is 10.6. The molecule has 0 unspecified atom stereocenters. The quantitative estimate of drug-likeness (QED) is 0.740. The summed E-state index contributed by atoms with van der Waals surface area (Å²) in [5.41, 5.74) is 1.18. The minimum atomic E-state index is 0.352. The third kappa shape index (κ3) is 5.41. The summed E-state index contributed by atoms with van der Waals surface area (Å²) >= 11 is 3.53. The molecule has 0 bridgehead atoms. The van der Waals surface area contributed by atoms with Crippen LogP contribution in [-0.2, 0) is 17.9 Å². The molecule has 0 atom stereocenters. The highest BCUT2D eigenvalue weighted by atomic mass is 79.9. The SMILES string of the molecule is COCCNCc1ccc(OCc2ncccn2)c(Br)c1. The fourth-order valence-corrected chi connectivity index (χ4v) is 2.27. The highest BCUT2D eigenvalue weighted by Crippen LogP contribution is 2.26. The molecule has 112 valence electrons. The summed E-state index contributed by atoms with van der Waals surface area (Å²) in [5, 5.41) is 3.30. The van der Waals surface area contributed by atoms with Crippen LogP contribution in [0.25, 0.3) is 0 Å². The van der Waals surface area contributed by atoms with E-state index in [9.17, 15) is 0 Å². The number of rotatable bonds is 8. The Morgan fingerprint density at radius 2 is 2.05 bits per heavy atom. The number of halogens is 1. The van der Waals surface area contributed by atoms with E-state index in [1.165, 1.54) is 5.56 Å². The third-order valence-corrected chi connectivity index (χ3v) is 3.40. The number of nitrogens with one attached hydrogen (secondary N) is 1. The topological polar surface area (TPSA) is 56.3 Å². The Bertz CT molecular complexity index is 552. The smallest absolute Gasteiger partial charge is 0.166 e. The Hall–Kier alpha value is -1.50. The lowest BCUT2D eigenvalue weighted by atomic mass is 10.2. The lowest BCUT2D eigenvalue weighted by molar-refractivity contribution is 0.199. The van der Waals surface area contributed by atoms with Gasteiger partial charge in [0.15, 0.2) is 5.82 Å². The molecule has 0 saturated heterocycles. The van der Waals surface area contributed by atoms with Gasteiger partial charge >= 0.3 is 0 Å². The van der Waals surface area contributed by atoms with Gasteiger partial charge in [-0.3, -0.25) is 0 Å². The number of nitrogens with zero attached hydrogens (tertiary/aromatic N) is 2. The van der Waals surface area contributed by atoms with Gasteiger partial charge in [-0.2, -0.15) is 0 Å². The van der Waals surface area contributed by atoms with E-state index in [0.717, 1.165) is 23.3 Å². The van der Waals surface area contributed by atoms with Crippen molar-refractivity contribution in [2.24, 2.45) is 0 Å². The third-order valence-electron chi connectivity index (χ3n) is 2.78. The fourth-order valence-electron chi connectivity index (χ4n) is 1.73. The monoisotopic (exact) mass is 351 g/mol. The first kappa shape index (κ1) is 15.9. The number of hydrogen-bond donors (Lipinski definition) is 1. The molecule has 1 N–H and O–H groups in total. The molecular weight excluding hydrogens is 334 g/mol. The maximum absolute atomic E-state index is 5.71. The lowest BCUT2D eigenvalue weighted by Crippen LogP contribution is -2.18. The van der Waals surface area contributed by atoms with Crippen LogP contribution in [0.2, 0.25) is 0 Å². The van der Waals surface area contributed by atoms with Crippen molar-refractivity contribution in [3.8, 4) is 5.75 Å². The highest BCUT2D eigenvalue weighted by Gasteiger charge is 2.04. The van der Waals surface area contributed by atoms with Crippen LogP contribution in [-0.4, -0.2) is 30.2 Å². The van der Waals surface area contributed by atoms with Crippen LogP contribution in [0, 0.1) is 0 Å². The van der Waals surface area contributed by atoms with Crippen LogP contribution < -0.4 is 10.1 Å². The molecule has 2 aromatic rings. The van der Waals surface area contributed by atoms with Gasteiger partial charge in [0.2, 0.25) is 0 Å². The molecule has 2 rings (SSSR count). The van der Waals surface area contributed by atoms with Gasteiger partial charge in [-0.25, -0.2) is 9.97 Å². The number of methoxy groups -OCH3 is 1. The number of aromatic nitrogens is 2. The van der Waals surface area contributed by atoms with E-state index in [1.807, 2.05) is 18.2 Å². The number of ether oxygens (including phenoxy) is 2. The maximum Gasteiger partial charge on any atom is 0.166 e. The average Bonchev–Trinajstić information content (AvgIpc) is 2.52. The zero-order valence-corrected chi connectivity index (χ0v) is 13.5. The van der Waals surface area contributed by atoms with Gasteiger partial charge in [-0.15, -0.1) is 0 Å². The molecule has 6 heteroatoms. The van der Waals surface area contributed by atoms with E-state index in [2.05, 4.69) is 31.2 Å². The molecule has 0 amide bonds. The van der Waals surface area contributed by atoms with Gasteiger partial charge in [-0.05, 0) is 39.7 Å². The zero-order chi connectivity index (χ0) is 14.9. The lowest BCUT2D eigenvalue weighted by Gasteiger charge is -2.10. The Morgan fingerprint density at radius 1 is 1.24 bits per heavy atom. The first-order valence-electron chi connectivity index (χ1n) is 6.66. The Labute approximate surface area is 132 Å². The molecule has 1 heterocycles. The Kier molecular flexibility index (Phi) is 6.59. The summed E-state index contributed by atoms with van der Waals surface area (Å²) in [5.74, 6) is 1.44. The molecule has 0 radical (unpaired) electrons. The standard InChI is InChI=1S/C15H18BrN3O2/c1-20-8-7-17-10-12-3-4-14(13(16)9-12)21-11-15-18-5-2-6-19-15/h2-6,9,17H,7-8,10-11H2,1H3. The van der Waals surface area contributed by atoms with Gasteiger partial charge in [0.25, 0.3) is 0 Å². The minimum Gasteiger partial charge on any atom is -0.484 e. The van der Waals surface area contributed by atoms with E-state index in [4.69, 9.17) is 9.47 Å². The Balaban J connectivity index is 1.87. The van der Waals surface area contributed by atoms with Crippen molar-refractivity contribution >= 4 is 15.9 Å². The van der Waals surface area contributed by atoms with Crippen molar-refractivity contribution in [3.63, 3.8) is 0 Å². The van der Waals surface area contributed by atoms with Crippen molar-refractivity contribution in [3.05, 3.63) is 52.5 Å². The number of benzene rings is 1. The molecule has 1 aromatic heterocycles. The van der Waals surface area contributed by atoms with Crippen molar-refractivity contribution in [1.82, 2.24) is 15.3 Å². The van der Waals surface area contributed by atoms with Crippen LogP contribution in [0.15, 0.2) is 41.1 Å². The van der Waals surface area contributed by atoms with Crippen molar-refractivity contribution in [1.29, 1.82) is 0 Å². The first-order valence-corrected chi connectivity index (χ1v) is 7.45. The molecule has 1 aromatic carbocycles. The molecule has 0 saturated carbocycles. The molecule has 5 nitrogen and oxygen atoms in total. The average molecular weight is 352 g/mol. The molecule has 0 aliphatic heterocycles. The summed E-state index contributed by atoms with van der Waals surface area (Å²) in [4.78, 5) is 8.25. The largest absolute Gasteiger partial charge is 0.484 e. The van der Waals surface area contributed by atoms with E-state index in [0.29, 0.717) is 19.0 Å². The second-order valence-electron chi connectivity index (χ2n) is 4.39. The van der Waals surface area contributed by atoms with Gasteiger partial charge in [-0.1, -0.05) is 6.07 Å². The van der Waals surface area contributed by atoms with Gasteiger partial charge in [0, 0.05) is 32.6 Å². The van der Waals surface area contributed by atoms with E-state index >= 15 is 0 Å². The second kappa shape index (κ2) is 8.71. The summed E-state index contributed by atoms with van der Waals surface area (Å²) in [6, 6.07) is 7.80. The number of hydrogen-bond acceptors (Lipinski definition) is 5. The summed E-state index contributed by atoms with van der Waals surface area (Å²) in [7, 11) is 1.70. The molecule has 0 spiro atoms. The highest BCUT2D eigenvalue weighted by molar-refractivity contribution is 9.10. The summed E-state index contributed by atoms with van der Waals surface area (Å²) < 4.78 is 11.6. The maximum atomic E-state index is 5.71. The second-order valence-corrected chi connectivity index (χ2v) is 5.24. The first-order chi connectivity index (χ1) is 10.3. The van der Waals surface area contributed by atoms with E-state index in [1.54, 1.807) is 25.6 Å². The molecule has 0 fully saturated rings. The van der Waals surface area contributed by atoms with Gasteiger partial charge in [0.1, 0.15) is 12.4 Å². The minimum absolute atomic E-state index is 0.352. The van der Waals surface area contributed by atoms with Crippen LogP contribution in [0.1, 0.15) is 11.4 Å². The molecule has 0 aliphatic carbocycles. The van der Waals surface area contributed by atoms with Crippen LogP contribution in [0.3, 0.4) is 0 Å². The van der Waals surface area contributed by atoms with Crippen molar-refractivity contribution in [2.75, 3.05) is 20.3 Å². The van der Waals surface area contributed by atoms with Crippen LogP contribution >= 0.6 is 15.9 Å². The predicted octanol–water partition coefficient (Wildman–Crippen LogP) is 2.55. The van der Waals surface area contributed by atoms with Crippen molar-refractivity contribution < 1.29 is 9.47 Å². The van der Waals surface area contributed by atoms with Crippen LogP contribution in [0.4, 0.5) is 0 Å². The fraction of sp³-hybridized carbons (Fsp3) is 0.333. The van der Waals surface area contributed by atoms with Crippen LogP contribution in [0.5, 0.6) is 5.75 Å². The molecule has 0 aliphatic rings. The van der Waals surface area contributed by atoms with E-state index in [-0.39, 0.29) is 0 Å². The summed E-state index contributed by atoms with van der Waals surface area (Å²) in [6.45, 7) is 2.69.